The molecule has 3 rings (SSSR count). The van der Waals surface area contributed by atoms with E-state index in [4.69, 9.17) is 5.11 Å². The number of fused-ring (bicyclic) bond motifs is 1. The second-order valence-corrected chi connectivity index (χ2v) is 4.51. The number of carbonyl (C=O) groups is 2. The molecule has 19 heavy (non-hydrogen) atoms. The van der Waals surface area contributed by atoms with Crippen molar-refractivity contribution in [3.05, 3.63) is 53.2 Å². The molecule has 0 atom stereocenters. The van der Waals surface area contributed by atoms with Crippen LogP contribution in [0.2, 0.25) is 0 Å². The van der Waals surface area contributed by atoms with Gasteiger partial charge in [0, 0.05) is 17.5 Å². The van der Waals surface area contributed by atoms with Crippen molar-refractivity contribution in [3.63, 3.8) is 0 Å². The van der Waals surface area contributed by atoms with Crippen molar-refractivity contribution < 1.29 is 14.7 Å². The summed E-state index contributed by atoms with van der Waals surface area (Å²) in [6, 6.07) is 10.5. The summed E-state index contributed by atoms with van der Waals surface area (Å²) in [6.07, 6.45) is 1.35. The fourth-order valence-electron chi connectivity index (χ4n) is 2.31. The van der Waals surface area contributed by atoms with Gasteiger partial charge >= 0.3 is 5.97 Å². The SMILES string of the molecule is O=C(O)c1cccc(-c2ccc3c(c2)C(=O)CC3)n1. The number of Topliss-reactive ketones (excluding diaryl/α,β-unsaturated/α-hetero) is 1. The van der Waals surface area contributed by atoms with Crippen LogP contribution in [0.15, 0.2) is 36.4 Å². The summed E-state index contributed by atoms with van der Waals surface area (Å²) in [4.78, 5) is 26.7. The summed E-state index contributed by atoms with van der Waals surface area (Å²) >= 11 is 0. The topological polar surface area (TPSA) is 67.3 Å². The van der Waals surface area contributed by atoms with E-state index in [2.05, 4.69) is 4.98 Å². The van der Waals surface area contributed by atoms with Gasteiger partial charge in [0.25, 0.3) is 0 Å². The van der Waals surface area contributed by atoms with Crippen LogP contribution in [0.4, 0.5) is 0 Å². The van der Waals surface area contributed by atoms with E-state index in [9.17, 15) is 9.59 Å². The fourth-order valence-corrected chi connectivity index (χ4v) is 2.31. The number of aromatic carboxylic acids is 1. The highest BCUT2D eigenvalue weighted by Crippen LogP contribution is 2.27. The van der Waals surface area contributed by atoms with Gasteiger partial charge in [-0.15, -0.1) is 0 Å². The highest BCUT2D eigenvalue weighted by atomic mass is 16.4. The Hall–Kier alpha value is -2.49. The molecular formula is C15H11NO3. The second kappa shape index (κ2) is 4.31. The normalized spacial score (nSPS) is 13.4. The van der Waals surface area contributed by atoms with Crippen molar-refractivity contribution in [2.24, 2.45) is 0 Å². The van der Waals surface area contributed by atoms with Crippen LogP contribution in [0.25, 0.3) is 11.3 Å². The zero-order valence-electron chi connectivity index (χ0n) is 10.1. The molecule has 1 aromatic heterocycles. The number of aryl methyl sites for hydroxylation is 1. The largest absolute Gasteiger partial charge is 0.477 e. The molecule has 0 saturated heterocycles. The predicted molar refractivity (Wildman–Crippen MR) is 69.3 cm³/mol. The third-order valence-corrected chi connectivity index (χ3v) is 3.30. The van der Waals surface area contributed by atoms with Gasteiger partial charge in [0.05, 0.1) is 5.69 Å². The smallest absolute Gasteiger partial charge is 0.354 e. The van der Waals surface area contributed by atoms with Gasteiger partial charge in [-0.05, 0) is 30.2 Å². The number of ketones is 1. The minimum Gasteiger partial charge on any atom is -0.477 e. The van der Waals surface area contributed by atoms with Gasteiger partial charge in [-0.2, -0.15) is 0 Å². The first-order valence-electron chi connectivity index (χ1n) is 6.02. The lowest BCUT2D eigenvalue weighted by Crippen LogP contribution is -2.01. The van der Waals surface area contributed by atoms with Crippen LogP contribution < -0.4 is 0 Å². The Kier molecular flexibility index (Phi) is 2.63. The van der Waals surface area contributed by atoms with Crippen molar-refractivity contribution in [1.82, 2.24) is 4.98 Å². The van der Waals surface area contributed by atoms with Crippen LogP contribution in [0, 0.1) is 0 Å². The number of aromatic nitrogens is 1. The van der Waals surface area contributed by atoms with Gasteiger partial charge in [-0.1, -0.05) is 18.2 Å². The Balaban J connectivity index is 2.08. The highest BCUT2D eigenvalue weighted by molar-refractivity contribution is 6.01. The molecule has 2 aromatic rings. The van der Waals surface area contributed by atoms with E-state index in [1.165, 1.54) is 6.07 Å². The highest BCUT2D eigenvalue weighted by Gasteiger charge is 2.20. The van der Waals surface area contributed by atoms with Gasteiger partial charge in [0.15, 0.2) is 5.78 Å². The van der Waals surface area contributed by atoms with Gasteiger partial charge in [-0.25, -0.2) is 9.78 Å². The molecule has 0 aliphatic heterocycles. The Morgan fingerprint density at radius 2 is 2.00 bits per heavy atom. The molecule has 0 amide bonds. The number of rotatable bonds is 2. The molecule has 1 heterocycles. The average molecular weight is 253 g/mol. The van der Waals surface area contributed by atoms with E-state index in [0.717, 1.165) is 23.1 Å². The number of hydrogen-bond acceptors (Lipinski definition) is 3. The maximum atomic E-state index is 11.7. The summed E-state index contributed by atoms with van der Waals surface area (Å²) in [5.74, 6) is -0.912. The quantitative estimate of drug-likeness (QED) is 0.893. The molecule has 1 aromatic carbocycles. The first-order chi connectivity index (χ1) is 9.15. The summed E-state index contributed by atoms with van der Waals surface area (Å²) in [5, 5.41) is 8.94. The number of carbonyl (C=O) groups excluding carboxylic acids is 1. The van der Waals surface area contributed by atoms with Gasteiger partial charge in [-0.3, -0.25) is 4.79 Å². The minimum absolute atomic E-state index is 0.00400. The van der Waals surface area contributed by atoms with Gasteiger partial charge in [0.1, 0.15) is 5.69 Å². The lowest BCUT2D eigenvalue weighted by Gasteiger charge is -2.04. The molecule has 0 fully saturated rings. The van der Waals surface area contributed by atoms with Crippen LogP contribution in [-0.4, -0.2) is 21.8 Å². The number of carboxylic acids is 1. The van der Waals surface area contributed by atoms with Crippen LogP contribution >= 0.6 is 0 Å². The molecule has 0 saturated carbocycles. The van der Waals surface area contributed by atoms with E-state index < -0.39 is 5.97 Å². The number of benzene rings is 1. The van der Waals surface area contributed by atoms with E-state index in [1.54, 1.807) is 18.2 Å². The number of pyridine rings is 1. The third-order valence-electron chi connectivity index (χ3n) is 3.30. The summed E-state index contributed by atoms with van der Waals surface area (Å²) in [6.45, 7) is 0. The third kappa shape index (κ3) is 2.01. The molecule has 4 heteroatoms. The van der Waals surface area contributed by atoms with E-state index >= 15 is 0 Å². The van der Waals surface area contributed by atoms with Crippen molar-refractivity contribution in [2.75, 3.05) is 0 Å². The molecule has 1 N–H and O–H groups in total. The van der Waals surface area contributed by atoms with E-state index in [0.29, 0.717) is 12.1 Å². The van der Waals surface area contributed by atoms with Crippen LogP contribution in [0.1, 0.15) is 32.8 Å². The Morgan fingerprint density at radius 1 is 1.16 bits per heavy atom. The molecule has 1 aliphatic carbocycles. The first-order valence-corrected chi connectivity index (χ1v) is 6.02. The van der Waals surface area contributed by atoms with E-state index in [-0.39, 0.29) is 11.5 Å². The number of nitrogens with zero attached hydrogens (tertiary/aromatic N) is 1. The zero-order valence-corrected chi connectivity index (χ0v) is 10.1. The molecule has 0 spiro atoms. The second-order valence-electron chi connectivity index (χ2n) is 4.51. The Labute approximate surface area is 109 Å². The molecule has 94 valence electrons. The number of carboxylic acid groups (broad SMARTS) is 1. The molecule has 0 unspecified atom stereocenters. The molecule has 0 bridgehead atoms. The van der Waals surface area contributed by atoms with Crippen molar-refractivity contribution in [3.8, 4) is 11.3 Å². The van der Waals surface area contributed by atoms with Crippen LogP contribution in [0.5, 0.6) is 0 Å². The monoisotopic (exact) mass is 253 g/mol. The molecule has 0 radical (unpaired) electrons. The van der Waals surface area contributed by atoms with Crippen molar-refractivity contribution in [2.45, 2.75) is 12.8 Å². The maximum Gasteiger partial charge on any atom is 0.354 e. The molecule has 1 aliphatic rings. The molecule has 4 nitrogen and oxygen atoms in total. The Morgan fingerprint density at radius 3 is 2.79 bits per heavy atom. The lowest BCUT2D eigenvalue weighted by atomic mass is 10.0. The van der Waals surface area contributed by atoms with Crippen molar-refractivity contribution in [1.29, 1.82) is 0 Å². The average Bonchev–Trinajstić information content (AvgIpc) is 2.80. The summed E-state index contributed by atoms with van der Waals surface area (Å²) < 4.78 is 0. The number of hydrogen-bond donors (Lipinski definition) is 1. The summed E-state index contributed by atoms with van der Waals surface area (Å²) in [5.41, 5.74) is 3.15. The summed E-state index contributed by atoms with van der Waals surface area (Å²) in [7, 11) is 0. The van der Waals surface area contributed by atoms with Gasteiger partial charge < -0.3 is 5.11 Å². The van der Waals surface area contributed by atoms with Crippen LogP contribution in [-0.2, 0) is 6.42 Å². The zero-order chi connectivity index (χ0) is 13.4. The van der Waals surface area contributed by atoms with Crippen molar-refractivity contribution >= 4 is 11.8 Å². The molecular weight excluding hydrogens is 242 g/mol. The fraction of sp³-hybridized carbons (Fsp3) is 0.133. The minimum atomic E-state index is -1.06. The van der Waals surface area contributed by atoms with Crippen LogP contribution in [0.3, 0.4) is 0 Å². The lowest BCUT2D eigenvalue weighted by molar-refractivity contribution is 0.0690. The standard InChI is InChI=1S/C15H11NO3/c17-14-7-6-9-4-5-10(8-11(9)14)12-2-1-3-13(16-12)15(18)19/h1-5,8H,6-7H2,(H,18,19). The first kappa shape index (κ1) is 11.6. The predicted octanol–water partition coefficient (Wildman–Crippen LogP) is 2.58. The Bertz CT molecular complexity index is 692. The van der Waals surface area contributed by atoms with Gasteiger partial charge in [0.2, 0.25) is 0 Å². The maximum absolute atomic E-state index is 11.7. The van der Waals surface area contributed by atoms with E-state index in [1.807, 2.05) is 12.1 Å².